The minimum atomic E-state index is -0.0460. The molecule has 0 atom stereocenters. The van der Waals surface area contributed by atoms with Gasteiger partial charge in [-0.2, -0.15) is 0 Å². The van der Waals surface area contributed by atoms with Gasteiger partial charge in [0.25, 0.3) is 5.91 Å². The summed E-state index contributed by atoms with van der Waals surface area (Å²) in [6.45, 7) is 5.56. The van der Waals surface area contributed by atoms with Crippen LogP contribution in [-0.4, -0.2) is 33.5 Å². The number of carbonyl (C=O) groups excluding carboxylic acids is 1. The molecule has 0 bridgehead atoms. The molecule has 1 aromatic carbocycles. The molecule has 6 heteroatoms. The average Bonchev–Trinajstić information content (AvgIpc) is 2.96. The van der Waals surface area contributed by atoms with E-state index in [4.69, 9.17) is 0 Å². The lowest BCUT2D eigenvalue weighted by molar-refractivity contribution is 0.0954. The van der Waals surface area contributed by atoms with Crippen LogP contribution in [0, 0.1) is 0 Å². The van der Waals surface area contributed by atoms with Crippen molar-refractivity contribution >= 4 is 17.7 Å². The van der Waals surface area contributed by atoms with E-state index in [2.05, 4.69) is 33.9 Å². The van der Waals surface area contributed by atoms with E-state index in [1.165, 1.54) is 5.56 Å². The molecule has 1 heterocycles. The molecule has 0 saturated carbocycles. The van der Waals surface area contributed by atoms with Crippen molar-refractivity contribution in [3.8, 4) is 0 Å². The molecule has 0 radical (unpaired) electrons. The molecular weight excluding hydrogens is 296 g/mol. The van der Waals surface area contributed by atoms with Crippen LogP contribution in [0.2, 0.25) is 0 Å². The molecule has 118 valence electrons. The number of rotatable bonds is 7. The molecule has 0 saturated heterocycles. The van der Waals surface area contributed by atoms with E-state index >= 15 is 0 Å². The SMILES string of the molecule is CCc1ccc(C(=O)NCCc2nnc(SC)n2CC)cc1. The number of hydrogen-bond acceptors (Lipinski definition) is 4. The molecule has 1 aromatic heterocycles. The average molecular weight is 318 g/mol. The zero-order valence-corrected chi connectivity index (χ0v) is 14.1. The number of nitrogens with one attached hydrogen (secondary N) is 1. The van der Waals surface area contributed by atoms with Crippen LogP contribution < -0.4 is 5.32 Å². The standard InChI is InChI=1S/C16H22N4OS/c1-4-12-6-8-13(9-7-12)15(21)17-11-10-14-18-19-16(22-3)20(14)5-2/h6-9H,4-5,10-11H2,1-3H3,(H,17,21). The zero-order chi connectivity index (χ0) is 15.9. The molecule has 0 aliphatic heterocycles. The lowest BCUT2D eigenvalue weighted by Gasteiger charge is -2.07. The first-order valence-electron chi connectivity index (χ1n) is 7.52. The van der Waals surface area contributed by atoms with Gasteiger partial charge in [0, 0.05) is 25.1 Å². The van der Waals surface area contributed by atoms with Gasteiger partial charge < -0.3 is 9.88 Å². The van der Waals surface area contributed by atoms with Gasteiger partial charge in [-0.25, -0.2) is 0 Å². The predicted octanol–water partition coefficient (Wildman–Crippen LogP) is 2.55. The molecule has 0 aliphatic rings. The van der Waals surface area contributed by atoms with E-state index in [9.17, 15) is 4.79 Å². The van der Waals surface area contributed by atoms with Gasteiger partial charge >= 0.3 is 0 Å². The fourth-order valence-corrected chi connectivity index (χ4v) is 2.83. The third-order valence-corrected chi connectivity index (χ3v) is 4.22. The number of amides is 1. The van der Waals surface area contributed by atoms with Gasteiger partial charge in [-0.1, -0.05) is 30.8 Å². The number of benzene rings is 1. The lowest BCUT2D eigenvalue weighted by Crippen LogP contribution is -2.26. The number of carbonyl (C=O) groups is 1. The highest BCUT2D eigenvalue weighted by Crippen LogP contribution is 2.13. The third kappa shape index (κ3) is 3.88. The van der Waals surface area contributed by atoms with Gasteiger partial charge in [0.1, 0.15) is 5.82 Å². The second kappa shape index (κ2) is 7.98. The lowest BCUT2D eigenvalue weighted by atomic mass is 10.1. The quantitative estimate of drug-likeness (QED) is 0.797. The maximum atomic E-state index is 12.1. The van der Waals surface area contributed by atoms with Crippen LogP contribution in [0.4, 0.5) is 0 Å². The Labute approximate surface area is 135 Å². The Morgan fingerprint density at radius 1 is 1.23 bits per heavy atom. The summed E-state index contributed by atoms with van der Waals surface area (Å²) in [5.74, 6) is 0.865. The summed E-state index contributed by atoms with van der Waals surface area (Å²) in [5, 5.41) is 12.2. The smallest absolute Gasteiger partial charge is 0.251 e. The van der Waals surface area contributed by atoms with Crippen molar-refractivity contribution in [3.05, 3.63) is 41.2 Å². The normalized spacial score (nSPS) is 10.7. The van der Waals surface area contributed by atoms with Crippen LogP contribution >= 0.6 is 11.8 Å². The van der Waals surface area contributed by atoms with E-state index in [-0.39, 0.29) is 5.91 Å². The third-order valence-electron chi connectivity index (χ3n) is 3.55. The van der Waals surface area contributed by atoms with Crippen LogP contribution in [0.1, 0.15) is 35.6 Å². The van der Waals surface area contributed by atoms with Gasteiger partial charge in [-0.05, 0) is 37.3 Å². The topological polar surface area (TPSA) is 59.8 Å². The Morgan fingerprint density at radius 3 is 2.55 bits per heavy atom. The van der Waals surface area contributed by atoms with Crippen LogP contribution in [0.3, 0.4) is 0 Å². The van der Waals surface area contributed by atoms with Crippen LogP contribution in [-0.2, 0) is 19.4 Å². The molecular formula is C16H22N4OS. The number of nitrogens with zero attached hydrogens (tertiary/aromatic N) is 3. The highest BCUT2D eigenvalue weighted by atomic mass is 32.2. The number of aromatic nitrogens is 3. The molecule has 0 aliphatic carbocycles. The van der Waals surface area contributed by atoms with Gasteiger partial charge in [0.05, 0.1) is 0 Å². The minimum Gasteiger partial charge on any atom is -0.352 e. The van der Waals surface area contributed by atoms with Crippen molar-refractivity contribution in [3.63, 3.8) is 0 Å². The van der Waals surface area contributed by atoms with Crippen LogP contribution in [0.15, 0.2) is 29.4 Å². The van der Waals surface area contributed by atoms with Crippen molar-refractivity contribution in [2.45, 2.75) is 38.4 Å². The van der Waals surface area contributed by atoms with Crippen molar-refractivity contribution in [2.24, 2.45) is 0 Å². The van der Waals surface area contributed by atoms with E-state index in [1.54, 1.807) is 11.8 Å². The predicted molar refractivity (Wildman–Crippen MR) is 89.3 cm³/mol. The summed E-state index contributed by atoms with van der Waals surface area (Å²) in [4.78, 5) is 12.1. The van der Waals surface area contributed by atoms with Crippen LogP contribution in [0.5, 0.6) is 0 Å². The van der Waals surface area contributed by atoms with Crippen molar-refractivity contribution in [1.29, 1.82) is 0 Å². The van der Waals surface area contributed by atoms with Crippen LogP contribution in [0.25, 0.3) is 0 Å². The van der Waals surface area contributed by atoms with E-state index in [0.29, 0.717) is 18.5 Å². The van der Waals surface area contributed by atoms with Crippen molar-refractivity contribution in [1.82, 2.24) is 20.1 Å². The Kier molecular flexibility index (Phi) is 6.00. The highest BCUT2D eigenvalue weighted by Gasteiger charge is 2.10. The summed E-state index contributed by atoms with van der Waals surface area (Å²) in [6, 6.07) is 7.73. The van der Waals surface area contributed by atoms with E-state index < -0.39 is 0 Å². The maximum absolute atomic E-state index is 12.1. The van der Waals surface area contributed by atoms with E-state index in [1.807, 2.05) is 30.5 Å². The van der Waals surface area contributed by atoms with Crippen molar-refractivity contribution in [2.75, 3.05) is 12.8 Å². The molecule has 0 unspecified atom stereocenters. The summed E-state index contributed by atoms with van der Waals surface area (Å²) in [6.07, 6.45) is 3.65. The van der Waals surface area contributed by atoms with Gasteiger partial charge in [-0.15, -0.1) is 10.2 Å². The summed E-state index contributed by atoms with van der Waals surface area (Å²) in [7, 11) is 0. The molecule has 5 nitrogen and oxygen atoms in total. The molecule has 0 fully saturated rings. The number of thioether (sulfide) groups is 1. The maximum Gasteiger partial charge on any atom is 0.251 e. The van der Waals surface area contributed by atoms with Gasteiger partial charge in [-0.3, -0.25) is 4.79 Å². The monoisotopic (exact) mass is 318 g/mol. The minimum absolute atomic E-state index is 0.0460. The number of aryl methyl sites for hydroxylation is 1. The first-order valence-corrected chi connectivity index (χ1v) is 8.75. The second-order valence-electron chi connectivity index (χ2n) is 4.90. The first kappa shape index (κ1) is 16.5. The van der Waals surface area contributed by atoms with Crippen molar-refractivity contribution < 1.29 is 4.79 Å². The Balaban J connectivity index is 1.90. The Hall–Kier alpha value is -1.82. The van der Waals surface area contributed by atoms with Gasteiger partial charge in [0.15, 0.2) is 5.16 Å². The molecule has 0 spiro atoms. The van der Waals surface area contributed by atoms with E-state index in [0.717, 1.165) is 23.9 Å². The summed E-state index contributed by atoms with van der Waals surface area (Å²) in [5.41, 5.74) is 1.93. The molecule has 22 heavy (non-hydrogen) atoms. The Bertz CT molecular complexity index is 622. The number of hydrogen-bond donors (Lipinski definition) is 1. The molecule has 1 amide bonds. The summed E-state index contributed by atoms with van der Waals surface area (Å²) < 4.78 is 2.08. The van der Waals surface area contributed by atoms with Gasteiger partial charge in [0.2, 0.25) is 0 Å². The summed E-state index contributed by atoms with van der Waals surface area (Å²) >= 11 is 1.58. The molecule has 2 aromatic rings. The fourth-order valence-electron chi connectivity index (χ4n) is 2.25. The molecule has 1 N–H and O–H groups in total. The first-order chi connectivity index (χ1) is 10.7. The second-order valence-corrected chi connectivity index (χ2v) is 5.68. The fraction of sp³-hybridized carbons (Fsp3) is 0.438. The molecule has 2 rings (SSSR count). The highest BCUT2D eigenvalue weighted by molar-refractivity contribution is 7.98. The Morgan fingerprint density at radius 2 is 1.95 bits per heavy atom. The zero-order valence-electron chi connectivity index (χ0n) is 13.3. The largest absolute Gasteiger partial charge is 0.352 e.